The molecule has 0 unspecified atom stereocenters. The van der Waals surface area contributed by atoms with E-state index in [0.717, 1.165) is 11.1 Å². The van der Waals surface area contributed by atoms with Crippen molar-refractivity contribution in [2.24, 2.45) is 0 Å². The number of nitrogens with one attached hydrogen (secondary N) is 1. The molecular formula is C21H25NO6S. The third kappa shape index (κ3) is 6.13. The standard InChI is InChI=1S/C21H25NO6S/c1-14-5-10-19(13-15(14)2)29(25,26)22-12-11-20(23)28-16(3)21(24)17-6-8-18(27-4)9-7-17/h5-10,13,16,22H,11-12H2,1-4H3/t16-/m0/s1. The summed E-state index contributed by atoms with van der Waals surface area (Å²) in [5.41, 5.74) is 2.24. The van der Waals surface area contributed by atoms with Crippen LogP contribution in [-0.2, 0) is 19.6 Å². The lowest BCUT2D eigenvalue weighted by molar-refractivity contribution is -0.146. The summed E-state index contributed by atoms with van der Waals surface area (Å²) < 4.78 is 37.2. The molecule has 7 nitrogen and oxygen atoms in total. The predicted molar refractivity (Wildman–Crippen MR) is 109 cm³/mol. The lowest BCUT2D eigenvalue weighted by atomic mass is 10.1. The molecule has 0 aliphatic rings. The van der Waals surface area contributed by atoms with Crippen molar-refractivity contribution >= 4 is 21.8 Å². The van der Waals surface area contributed by atoms with E-state index in [0.29, 0.717) is 11.3 Å². The molecule has 0 aliphatic carbocycles. The molecule has 0 spiro atoms. The first-order valence-electron chi connectivity index (χ1n) is 9.08. The maximum absolute atomic E-state index is 12.3. The summed E-state index contributed by atoms with van der Waals surface area (Å²) in [4.78, 5) is 24.4. The second-order valence-electron chi connectivity index (χ2n) is 6.62. The molecule has 1 atom stereocenters. The van der Waals surface area contributed by atoms with Crippen molar-refractivity contribution in [1.29, 1.82) is 0 Å². The Kier molecular flexibility index (Phi) is 7.53. The molecule has 0 amide bonds. The highest BCUT2D eigenvalue weighted by Gasteiger charge is 2.20. The number of carbonyl (C=O) groups is 2. The third-order valence-electron chi connectivity index (χ3n) is 4.46. The minimum Gasteiger partial charge on any atom is -0.497 e. The van der Waals surface area contributed by atoms with Gasteiger partial charge in [-0.3, -0.25) is 9.59 Å². The molecule has 156 valence electrons. The second-order valence-corrected chi connectivity index (χ2v) is 8.39. The number of benzene rings is 2. The summed E-state index contributed by atoms with van der Waals surface area (Å²) in [5, 5.41) is 0. The summed E-state index contributed by atoms with van der Waals surface area (Å²) in [6, 6.07) is 11.3. The van der Waals surface area contributed by atoms with Crippen molar-refractivity contribution in [3.63, 3.8) is 0 Å². The van der Waals surface area contributed by atoms with Crippen LogP contribution in [0.15, 0.2) is 47.4 Å². The van der Waals surface area contributed by atoms with Crippen LogP contribution in [0, 0.1) is 13.8 Å². The monoisotopic (exact) mass is 419 g/mol. The van der Waals surface area contributed by atoms with Gasteiger partial charge in [-0.2, -0.15) is 0 Å². The fourth-order valence-electron chi connectivity index (χ4n) is 2.55. The minimum absolute atomic E-state index is 0.127. The molecule has 0 fully saturated rings. The molecule has 29 heavy (non-hydrogen) atoms. The van der Waals surface area contributed by atoms with E-state index >= 15 is 0 Å². The Labute approximate surface area is 171 Å². The van der Waals surface area contributed by atoms with Crippen LogP contribution in [0.1, 0.15) is 34.8 Å². The molecule has 0 aromatic heterocycles. The molecule has 8 heteroatoms. The van der Waals surface area contributed by atoms with Gasteiger partial charge in [-0.15, -0.1) is 0 Å². The highest BCUT2D eigenvalue weighted by Crippen LogP contribution is 2.15. The SMILES string of the molecule is COc1ccc(C(=O)[C@H](C)OC(=O)CCNS(=O)(=O)c2ccc(C)c(C)c2)cc1. The number of ether oxygens (including phenoxy) is 2. The number of ketones is 1. The topological polar surface area (TPSA) is 98.8 Å². The fourth-order valence-corrected chi connectivity index (χ4v) is 3.67. The first-order chi connectivity index (χ1) is 13.6. The van der Waals surface area contributed by atoms with Crippen LogP contribution in [0.2, 0.25) is 0 Å². The van der Waals surface area contributed by atoms with E-state index < -0.39 is 22.1 Å². The molecule has 0 saturated carbocycles. The molecule has 0 aliphatic heterocycles. The van der Waals surface area contributed by atoms with Gasteiger partial charge in [0.2, 0.25) is 15.8 Å². The molecule has 1 N–H and O–H groups in total. The number of carbonyl (C=O) groups excluding carboxylic acids is 2. The van der Waals surface area contributed by atoms with Gasteiger partial charge in [0.05, 0.1) is 18.4 Å². The summed E-state index contributed by atoms with van der Waals surface area (Å²) in [7, 11) is -2.20. The zero-order valence-electron chi connectivity index (χ0n) is 16.9. The van der Waals surface area contributed by atoms with Crippen LogP contribution in [0.25, 0.3) is 0 Å². The number of sulfonamides is 1. The molecular weight excluding hydrogens is 394 g/mol. The zero-order valence-corrected chi connectivity index (χ0v) is 17.7. The highest BCUT2D eigenvalue weighted by molar-refractivity contribution is 7.89. The average Bonchev–Trinajstić information content (AvgIpc) is 2.69. The van der Waals surface area contributed by atoms with Gasteiger partial charge in [0.25, 0.3) is 0 Å². The van der Waals surface area contributed by atoms with E-state index in [4.69, 9.17) is 9.47 Å². The highest BCUT2D eigenvalue weighted by atomic mass is 32.2. The van der Waals surface area contributed by atoms with Crippen LogP contribution in [-0.4, -0.2) is 39.9 Å². The molecule has 0 radical (unpaired) electrons. The second kappa shape index (κ2) is 9.67. The number of methoxy groups -OCH3 is 1. The van der Waals surface area contributed by atoms with Gasteiger partial charge in [-0.1, -0.05) is 6.07 Å². The molecule has 0 heterocycles. The predicted octanol–water partition coefficient (Wildman–Crippen LogP) is 2.80. The zero-order chi connectivity index (χ0) is 21.6. The largest absolute Gasteiger partial charge is 0.497 e. The minimum atomic E-state index is -3.73. The van der Waals surface area contributed by atoms with Crippen molar-refractivity contribution in [2.75, 3.05) is 13.7 Å². The smallest absolute Gasteiger partial charge is 0.307 e. The molecule has 2 aromatic rings. The summed E-state index contributed by atoms with van der Waals surface area (Å²) in [5.74, 6) is -0.402. The van der Waals surface area contributed by atoms with Crippen LogP contribution in [0.3, 0.4) is 0 Å². The van der Waals surface area contributed by atoms with Gasteiger partial charge in [-0.05, 0) is 68.3 Å². The number of rotatable bonds is 9. The van der Waals surface area contributed by atoms with E-state index in [9.17, 15) is 18.0 Å². The quantitative estimate of drug-likeness (QED) is 0.496. The van der Waals surface area contributed by atoms with Crippen molar-refractivity contribution in [1.82, 2.24) is 4.72 Å². The summed E-state index contributed by atoms with van der Waals surface area (Å²) in [6.07, 6.45) is -1.17. The Bertz CT molecular complexity index is 983. The van der Waals surface area contributed by atoms with Crippen LogP contribution < -0.4 is 9.46 Å². The first kappa shape index (κ1) is 22.6. The van der Waals surface area contributed by atoms with E-state index in [1.165, 1.54) is 20.1 Å². The van der Waals surface area contributed by atoms with E-state index in [2.05, 4.69) is 4.72 Å². The molecule has 0 bridgehead atoms. The van der Waals surface area contributed by atoms with Gasteiger partial charge in [0.1, 0.15) is 5.75 Å². The average molecular weight is 419 g/mol. The van der Waals surface area contributed by atoms with E-state index in [1.807, 2.05) is 13.8 Å². The number of esters is 1. The number of hydrogen-bond donors (Lipinski definition) is 1. The first-order valence-corrected chi connectivity index (χ1v) is 10.6. The third-order valence-corrected chi connectivity index (χ3v) is 5.92. The number of hydrogen-bond acceptors (Lipinski definition) is 6. The number of Topliss-reactive ketones (excluding diaryl/α,β-unsaturated/α-hetero) is 1. The van der Waals surface area contributed by atoms with Gasteiger partial charge in [0.15, 0.2) is 6.10 Å². The van der Waals surface area contributed by atoms with Gasteiger partial charge in [0, 0.05) is 12.1 Å². The maximum atomic E-state index is 12.3. The Hall–Kier alpha value is -2.71. The van der Waals surface area contributed by atoms with Crippen LogP contribution >= 0.6 is 0 Å². The molecule has 0 saturated heterocycles. The number of aryl methyl sites for hydroxylation is 2. The van der Waals surface area contributed by atoms with Crippen molar-refractivity contribution in [3.8, 4) is 5.75 Å². The van der Waals surface area contributed by atoms with Crippen molar-refractivity contribution in [2.45, 2.75) is 38.2 Å². The Morgan fingerprint density at radius 3 is 2.28 bits per heavy atom. The lowest BCUT2D eigenvalue weighted by Gasteiger charge is -2.13. The van der Waals surface area contributed by atoms with E-state index in [-0.39, 0.29) is 23.6 Å². The van der Waals surface area contributed by atoms with Crippen molar-refractivity contribution < 1.29 is 27.5 Å². The summed E-state index contributed by atoms with van der Waals surface area (Å²) in [6.45, 7) is 5.07. The summed E-state index contributed by atoms with van der Waals surface area (Å²) >= 11 is 0. The maximum Gasteiger partial charge on any atom is 0.307 e. The lowest BCUT2D eigenvalue weighted by Crippen LogP contribution is -2.29. The van der Waals surface area contributed by atoms with Gasteiger partial charge in [-0.25, -0.2) is 13.1 Å². The Morgan fingerprint density at radius 1 is 1.03 bits per heavy atom. The Balaban J connectivity index is 1.86. The van der Waals surface area contributed by atoms with Crippen LogP contribution in [0.4, 0.5) is 0 Å². The van der Waals surface area contributed by atoms with Gasteiger partial charge >= 0.3 is 5.97 Å². The Morgan fingerprint density at radius 2 is 1.69 bits per heavy atom. The normalized spacial score (nSPS) is 12.3. The van der Waals surface area contributed by atoms with E-state index in [1.54, 1.807) is 36.4 Å². The van der Waals surface area contributed by atoms with Gasteiger partial charge < -0.3 is 9.47 Å². The van der Waals surface area contributed by atoms with Crippen molar-refractivity contribution in [3.05, 3.63) is 59.2 Å². The molecule has 2 aromatic carbocycles. The van der Waals surface area contributed by atoms with Crippen LogP contribution in [0.5, 0.6) is 5.75 Å². The molecule has 2 rings (SSSR count). The fraction of sp³-hybridized carbons (Fsp3) is 0.333.